The maximum absolute atomic E-state index is 10.9. The minimum Gasteiger partial charge on any atom is -0.476 e. The third-order valence-electron chi connectivity index (χ3n) is 2.33. The van der Waals surface area contributed by atoms with Crippen LogP contribution in [0.2, 0.25) is 5.02 Å². The predicted octanol–water partition coefficient (Wildman–Crippen LogP) is 1.59. The van der Waals surface area contributed by atoms with Crippen LogP contribution in [0.3, 0.4) is 0 Å². The average molecular weight is 283 g/mol. The van der Waals surface area contributed by atoms with Crippen LogP contribution in [0.15, 0.2) is 24.4 Å². The van der Waals surface area contributed by atoms with Crippen molar-refractivity contribution in [2.75, 3.05) is 0 Å². The number of nitro benzene ring substituents is 1. The van der Waals surface area contributed by atoms with Crippen LogP contribution in [0.4, 0.5) is 5.69 Å². The first kappa shape index (κ1) is 13.0. The largest absolute Gasteiger partial charge is 0.476 e. The number of nitrogens with zero attached hydrogens (tertiary/aromatic N) is 4. The van der Waals surface area contributed by atoms with Gasteiger partial charge in [-0.15, -0.1) is 5.10 Å². The number of nitro groups is 1. The highest BCUT2D eigenvalue weighted by Crippen LogP contribution is 2.23. The Bertz CT molecular complexity index is 655. The summed E-state index contributed by atoms with van der Waals surface area (Å²) in [6.45, 7) is 0.0355. The highest BCUT2D eigenvalue weighted by atomic mass is 35.5. The van der Waals surface area contributed by atoms with Gasteiger partial charge in [-0.3, -0.25) is 10.1 Å². The van der Waals surface area contributed by atoms with Crippen molar-refractivity contribution in [3.8, 4) is 0 Å². The van der Waals surface area contributed by atoms with E-state index in [2.05, 4.69) is 10.3 Å². The Kier molecular flexibility index (Phi) is 3.43. The molecule has 0 atom stereocenters. The third-order valence-corrected chi connectivity index (χ3v) is 2.57. The lowest BCUT2D eigenvalue weighted by Gasteiger charge is -2.02. The van der Waals surface area contributed by atoms with E-state index in [-0.39, 0.29) is 22.9 Å². The zero-order chi connectivity index (χ0) is 14.0. The van der Waals surface area contributed by atoms with Gasteiger partial charge in [0.2, 0.25) is 0 Å². The summed E-state index contributed by atoms with van der Waals surface area (Å²) < 4.78 is 1.21. The lowest BCUT2D eigenvalue weighted by atomic mass is 10.2. The molecule has 9 heteroatoms. The first-order valence-corrected chi connectivity index (χ1v) is 5.41. The summed E-state index contributed by atoms with van der Waals surface area (Å²) in [6.07, 6.45) is 1.20. The van der Waals surface area contributed by atoms with Crippen LogP contribution in [0.25, 0.3) is 0 Å². The highest BCUT2D eigenvalue weighted by molar-refractivity contribution is 6.30. The van der Waals surface area contributed by atoms with E-state index in [1.54, 1.807) is 0 Å². The van der Waals surface area contributed by atoms with Crippen molar-refractivity contribution in [2.24, 2.45) is 0 Å². The number of aromatic nitrogens is 3. The van der Waals surface area contributed by atoms with E-state index in [9.17, 15) is 14.9 Å². The fourth-order valence-corrected chi connectivity index (χ4v) is 1.66. The SMILES string of the molecule is O=C(O)c1cn(Cc2ccc(Cl)cc2[N+](=O)[O-])nn1. The van der Waals surface area contributed by atoms with Gasteiger partial charge in [0.1, 0.15) is 0 Å². The highest BCUT2D eigenvalue weighted by Gasteiger charge is 2.16. The summed E-state index contributed by atoms with van der Waals surface area (Å²) in [5.74, 6) is -1.21. The van der Waals surface area contributed by atoms with Crippen molar-refractivity contribution >= 4 is 23.3 Å². The van der Waals surface area contributed by atoms with E-state index < -0.39 is 10.9 Å². The van der Waals surface area contributed by atoms with Crippen LogP contribution >= 0.6 is 11.6 Å². The van der Waals surface area contributed by atoms with Gasteiger partial charge in [0.25, 0.3) is 5.69 Å². The topological polar surface area (TPSA) is 111 Å². The molecular weight excluding hydrogens is 276 g/mol. The van der Waals surface area contributed by atoms with Gasteiger partial charge in [0.15, 0.2) is 5.69 Å². The molecular formula is C10H7ClN4O4. The van der Waals surface area contributed by atoms with E-state index in [1.165, 1.54) is 29.1 Å². The van der Waals surface area contributed by atoms with Gasteiger partial charge in [-0.1, -0.05) is 16.8 Å². The second-order valence-electron chi connectivity index (χ2n) is 3.64. The Morgan fingerprint density at radius 3 is 2.84 bits per heavy atom. The molecule has 1 aromatic heterocycles. The third kappa shape index (κ3) is 2.86. The molecule has 2 rings (SSSR count). The van der Waals surface area contributed by atoms with Crippen molar-refractivity contribution < 1.29 is 14.8 Å². The number of halogens is 1. The van der Waals surface area contributed by atoms with Crippen LogP contribution in [-0.2, 0) is 6.54 Å². The normalized spacial score (nSPS) is 10.4. The summed E-state index contributed by atoms with van der Waals surface area (Å²) >= 11 is 5.69. The van der Waals surface area contributed by atoms with Gasteiger partial charge >= 0.3 is 5.97 Å². The average Bonchev–Trinajstić information content (AvgIpc) is 2.80. The Morgan fingerprint density at radius 1 is 1.53 bits per heavy atom. The molecule has 2 aromatic rings. The van der Waals surface area contributed by atoms with Gasteiger partial charge in [-0.2, -0.15) is 0 Å². The Hall–Kier alpha value is -2.48. The van der Waals surface area contributed by atoms with E-state index in [1.807, 2.05) is 0 Å². The molecule has 0 aliphatic rings. The van der Waals surface area contributed by atoms with Gasteiger partial charge in [-0.25, -0.2) is 9.48 Å². The number of carboxylic acids is 1. The van der Waals surface area contributed by atoms with Crippen LogP contribution in [-0.4, -0.2) is 31.0 Å². The molecule has 0 aliphatic carbocycles. The Balaban J connectivity index is 2.32. The lowest BCUT2D eigenvalue weighted by molar-refractivity contribution is -0.385. The summed E-state index contributed by atoms with van der Waals surface area (Å²) in [7, 11) is 0. The smallest absolute Gasteiger partial charge is 0.358 e. The van der Waals surface area contributed by atoms with Gasteiger partial charge in [0, 0.05) is 11.1 Å². The van der Waals surface area contributed by atoms with Gasteiger partial charge < -0.3 is 5.11 Å². The monoisotopic (exact) mass is 282 g/mol. The fourth-order valence-electron chi connectivity index (χ4n) is 1.49. The van der Waals surface area contributed by atoms with E-state index in [0.717, 1.165) is 0 Å². The van der Waals surface area contributed by atoms with Crippen molar-refractivity contribution in [1.29, 1.82) is 0 Å². The second kappa shape index (κ2) is 5.02. The van der Waals surface area contributed by atoms with Crippen molar-refractivity contribution in [3.05, 3.63) is 50.8 Å². The molecule has 1 heterocycles. The molecule has 8 nitrogen and oxygen atoms in total. The number of carbonyl (C=O) groups is 1. The minimum atomic E-state index is -1.21. The molecule has 0 unspecified atom stereocenters. The molecule has 0 bridgehead atoms. The summed E-state index contributed by atoms with van der Waals surface area (Å²) in [4.78, 5) is 21.0. The summed E-state index contributed by atoms with van der Waals surface area (Å²) in [5.41, 5.74) is -0.0206. The number of carboxylic acid groups (broad SMARTS) is 1. The molecule has 1 N–H and O–H groups in total. The first-order chi connectivity index (χ1) is 8.97. The maximum atomic E-state index is 10.9. The van der Waals surface area contributed by atoms with Crippen molar-refractivity contribution in [2.45, 2.75) is 6.54 Å². The zero-order valence-electron chi connectivity index (χ0n) is 9.36. The molecule has 0 radical (unpaired) electrons. The molecule has 0 fully saturated rings. The molecule has 1 aromatic carbocycles. The molecule has 0 amide bonds. The molecule has 0 aliphatic heterocycles. The quantitative estimate of drug-likeness (QED) is 0.673. The molecule has 0 spiro atoms. The Morgan fingerprint density at radius 2 is 2.26 bits per heavy atom. The van der Waals surface area contributed by atoms with E-state index >= 15 is 0 Å². The van der Waals surface area contributed by atoms with Gasteiger partial charge in [-0.05, 0) is 12.1 Å². The zero-order valence-corrected chi connectivity index (χ0v) is 10.1. The lowest BCUT2D eigenvalue weighted by Crippen LogP contribution is -2.04. The Labute approximate surface area is 111 Å². The first-order valence-electron chi connectivity index (χ1n) is 5.03. The number of benzene rings is 1. The molecule has 0 saturated carbocycles. The van der Waals surface area contributed by atoms with Crippen LogP contribution in [0.5, 0.6) is 0 Å². The van der Waals surface area contributed by atoms with Crippen LogP contribution < -0.4 is 0 Å². The van der Waals surface area contributed by atoms with Crippen LogP contribution in [0.1, 0.15) is 16.1 Å². The molecule has 98 valence electrons. The summed E-state index contributed by atoms with van der Waals surface area (Å²) in [5, 5.41) is 26.8. The van der Waals surface area contributed by atoms with E-state index in [0.29, 0.717) is 5.56 Å². The molecule has 19 heavy (non-hydrogen) atoms. The second-order valence-corrected chi connectivity index (χ2v) is 4.07. The number of rotatable bonds is 4. The minimum absolute atomic E-state index is 0.0355. The number of hydrogen-bond donors (Lipinski definition) is 1. The number of hydrogen-bond acceptors (Lipinski definition) is 5. The van der Waals surface area contributed by atoms with Crippen molar-refractivity contribution in [1.82, 2.24) is 15.0 Å². The van der Waals surface area contributed by atoms with E-state index in [4.69, 9.17) is 16.7 Å². The fraction of sp³-hybridized carbons (Fsp3) is 0.100. The number of aromatic carboxylic acids is 1. The standard InChI is InChI=1S/C10H7ClN4O4/c11-7-2-1-6(9(3-7)15(18)19)4-14-5-8(10(16)17)12-13-14/h1-3,5H,4H2,(H,16,17). The maximum Gasteiger partial charge on any atom is 0.358 e. The van der Waals surface area contributed by atoms with Crippen LogP contribution in [0, 0.1) is 10.1 Å². The van der Waals surface area contributed by atoms with Gasteiger partial charge in [0.05, 0.1) is 23.2 Å². The van der Waals surface area contributed by atoms with Crippen molar-refractivity contribution in [3.63, 3.8) is 0 Å². The summed E-state index contributed by atoms with van der Waals surface area (Å²) in [6, 6.07) is 4.23. The predicted molar refractivity (Wildman–Crippen MR) is 64.2 cm³/mol. The molecule has 0 saturated heterocycles.